The van der Waals surface area contributed by atoms with Crippen LogP contribution in [0.15, 0.2) is 41.5 Å². The number of nitrogens with two attached hydrogens (primary N) is 1. The van der Waals surface area contributed by atoms with Crippen LogP contribution in [0.1, 0.15) is 42.4 Å². The summed E-state index contributed by atoms with van der Waals surface area (Å²) in [4.78, 5) is 21.4. The third kappa shape index (κ3) is 5.22. The number of nitrogens with zero attached hydrogens (tertiary/aromatic N) is 2. The molecule has 1 aromatic carbocycles. The Morgan fingerprint density at radius 1 is 1.33 bits per heavy atom. The van der Waals surface area contributed by atoms with E-state index >= 15 is 4.39 Å². The van der Waals surface area contributed by atoms with E-state index in [1.807, 2.05) is 13.8 Å². The molecule has 2 heterocycles. The van der Waals surface area contributed by atoms with Crippen molar-refractivity contribution in [1.29, 1.82) is 0 Å². The van der Waals surface area contributed by atoms with Gasteiger partial charge in [0.15, 0.2) is 5.78 Å². The summed E-state index contributed by atoms with van der Waals surface area (Å²) < 4.78 is 34.2. The molecule has 0 amide bonds. The van der Waals surface area contributed by atoms with E-state index in [1.54, 1.807) is 38.3 Å². The number of Topliss-reactive ketones (excluding diaryl/α,β-unsaturated/α-hetero) is 1. The predicted molar refractivity (Wildman–Crippen MR) is 132 cm³/mol. The monoisotopic (exact) mass is 496 g/mol. The Kier molecular flexibility index (Phi) is 7.50. The van der Waals surface area contributed by atoms with Crippen molar-refractivity contribution in [2.75, 3.05) is 26.0 Å². The molecule has 0 spiro atoms. The number of hydrogen-bond acceptors (Lipinski definition) is 7. The van der Waals surface area contributed by atoms with E-state index in [4.69, 9.17) is 22.1 Å². The number of aliphatic imine (C=N–C) groups is 1. The Balaban J connectivity index is 1.94. The number of carbonyl (C=O) groups is 1. The average molecular weight is 497 g/mol. The minimum absolute atomic E-state index is 0.0336. The summed E-state index contributed by atoms with van der Waals surface area (Å²) in [5, 5.41) is 0.438. The Morgan fingerprint density at radius 3 is 2.70 bits per heavy atom. The molecule has 4 N–H and O–H groups in total. The molecule has 0 aliphatic carbocycles. The van der Waals surface area contributed by atoms with Crippen molar-refractivity contribution in [2.45, 2.75) is 37.5 Å². The van der Waals surface area contributed by atoms with Crippen molar-refractivity contribution in [1.82, 2.24) is 9.71 Å². The van der Waals surface area contributed by atoms with Crippen molar-refractivity contribution in [3.63, 3.8) is 0 Å². The highest BCUT2D eigenvalue weighted by molar-refractivity contribution is 8.29. The second kappa shape index (κ2) is 9.68. The number of hydrogen-bond donors (Lipinski definition) is 3. The van der Waals surface area contributed by atoms with Gasteiger partial charge < -0.3 is 15.0 Å². The minimum atomic E-state index is -2.54. The molecule has 0 bridgehead atoms. The molecule has 0 radical (unpaired) electrons. The lowest BCUT2D eigenvalue weighted by Crippen LogP contribution is -2.56. The molecule has 2 atom stereocenters. The number of aromatic nitrogens is 1. The lowest BCUT2D eigenvalue weighted by molar-refractivity contribution is 0.0988. The van der Waals surface area contributed by atoms with Crippen LogP contribution >= 0.6 is 22.1 Å². The van der Waals surface area contributed by atoms with Crippen LogP contribution < -0.4 is 10.5 Å². The summed E-state index contributed by atoms with van der Waals surface area (Å²) in [5.74, 6) is -0.298. The fourth-order valence-corrected chi connectivity index (χ4v) is 6.57. The lowest BCUT2D eigenvalue weighted by Gasteiger charge is -2.54. The predicted octanol–water partition coefficient (Wildman–Crippen LogP) is 4.09. The molecule has 33 heavy (non-hydrogen) atoms. The fourth-order valence-electron chi connectivity index (χ4n) is 3.79. The van der Waals surface area contributed by atoms with Gasteiger partial charge in [0, 0.05) is 37.6 Å². The van der Waals surface area contributed by atoms with Gasteiger partial charge in [-0.05, 0) is 50.6 Å². The normalized spacial score (nSPS) is 26.3. The van der Waals surface area contributed by atoms with Gasteiger partial charge in [-0.3, -0.25) is 19.5 Å². The first-order chi connectivity index (χ1) is 15.4. The Morgan fingerprint density at radius 2 is 2.06 bits per heavy atom. The van der Waals surface area contributed by atoms with Gasteiger partial charge in [-0.2, -0.15) is 0 Å². The first-order valence-corrected chi connectivity index (χ1v) is 12.6. The van der Waals surface area contributed by atoms with Gasteiger partial charge in [-0.1, -0.05) is 28.2 Å². The van der Waals surface area contributed by atoms with Crippen LogP contribution in [0.4, 0.5) is 4.39 Å². The number of pyridine rings is 1. The molecule has 3 rings (SSSR count). The molecule has 1 aliphatic heterocycles. The molecule has 1 aliphatic rings. The van der Waals surface area contributed by atoms with Crippen LogP contribution in [0.2, 0.25) is 5.02 Å². The van der Waals surface area contributed by atoms with Crippen LogP contribution in [-0.4, -0.2) is 51.9 Å². The van der Waals surface area contributed by atoms with Crippen LogP contribution in [0.5, 0.6) is 0 Å². The molecule has 1 unspecified atom stereocenters. The summed E-state index contributed by atoms with van der Waals surface area (Å²) in [5.41, 5.74) is 6.35. The summed E-state index contributed by atoms with van der Waals surface area (Å²) in [7, 11) is -0.959. The lowest BCUT2D eigenvalue weighted by atomic mass is 9.90. The minimum Gasteiger partial charge on any atom is -0.386 e. The molecule has 7 nitrogen and oxygen atoms in total. The average Bonchev–Trinajstić information content (AvgIpc) is 2.74. The summed E-state index contributed by atoms with van der Waals surface area (Å²) in [6, 6.07) is 7.65. The summed E-state index contributed by atoms with van der Waals surface area (Å²) in [6.07, 6.45) is 1.44. The summed E-state index contributed by atoms with van der Waals surface area (Å²) >= 11 is 5.84. The van der Waals surface area contributed by atoms with E-state index < -0.39 is 26.6 Å². The maximum absolute atomic E-state index is 15.0. The zero-order chi connectivity index (χ0) is 24.4. The topological polar surface area (TPSA) is 110 Å². The quantitative estimate of drug-likeness (QED) is 0.375. The molecular weight excluding hydrogens is 467 g/mol. The highest BCUT2D eigenvalue weighted by Crippen LogP contribution is 2.59. The molecule has 2 aromatic rings. The molecular formula is C23H30ClFN4O3S. The van der Waals surface area contributed by atoms with Crippen LogP contribution in [0.25, 0.3) is 0 Å². The number of carbonyl (C=O) groups excluding carboxylic acids is 1. The maximum atomic E-state index is 15.0. The highest BCUT2D eigenvalue weighted by atomic mass is 35.5. The number of ketones is 1. The van der Waals surface area contributed by atoms with E-state index in [1.165, 1.54) is 12.3 Å². The molecule has 10 heteroatoms. The highest BCUT2D eigenvalue weighted by Gasteiger charge is 2.51. The standard InChI is InChI=1S/C23H30ClFN4O3S/c1-22(2)21(26)29-23(3,14-33(22,31)28-9-10-32-4)17-11-15(5-7-18(17)25)12-20(30)19-8-6-16(24)13-27-19/h5-8,11,13,28,31H,9-10,12,14H2,1-4H3,(H2,26,29)/t23-/m0/s1. The molecule has 0 saturated heterocycles. The Labute approximate surface area is 200 Å². The van der Waals surface area contributed by atoms with Crippen molar-refractivity contribution in [3.8, 4) is 0 Å². The SMILES string of the molecule is COCCNS1(O)C[C@@](C)(c2cc(CC(=O)c3ccc(Cl)cn3)ccc2F)N=C(N)C1(C)C. The van der Waals surface area contributed by atoms with E-state index in [9.17, 15) is 9.35 Å². The van der Waals surface area contributed by atoms with Crippen molar-refractivity contribution in [2.24, 2.45) is 10.7 Å². The number of rotatable bonds is 8. The van der Waals surface area contributed by atoms with Gasteiger partial charge in [0.2, 0.25) is 0 Å². The van der Waals surface area contributed by atoms with Crippen molar-refractivity contribution in [3.05, 3.63) is 64.2 Å². The third-order valence-corrected chi connectivity index (χ3v) is 9.74. The Hall–Kier alpha value is -2.04. The largest absolute Gasteiger partial charge is 0.386 e. The van der Waals surface area contributed by atoms with Gasteiger partial charge in [-0.15, -0.1) is 0 Å². The smallest absolute Gasteiger partial charge is 0.185 e. The number of amidine groups is 1. The zero-order valence-corrected chi connectivity index (χ0v) is 20.8. The number of nitrogens with one attached hydrogen (secondary N) is 1. The van der Waals surface area contributed by atoms with E-state index in [-0.39, 0.29) is 35.0 Å². The van der Waals surface area contributed by atoms with E-state index in [0.29, 0.717) is 23.7 Å². The van der Waals surface area contributed by atoms with Crippen molar-refractivity contribution >= 4 is 33.7 Å². The molecule has 0 fully saturated rings. The number of halogens is 2. The first kappa shape index (κ1) is 25.6. The Bertz CT molecular complexity index is 1070. The van der Waals surface area contributed by atoms with Crippen molar-refractivity contribution < 1.29 is 18.5 Å². The van der Waals surface area contributed by atoms with Gasteiger partial charge in [-0.25, -0.2) is 4.39 Å². The second-order valence-corrected chi connectivity index (χ2v) is 12.2. The maximum Gasteiger partial charge on any atom is 0.185 e. The number of benzene rings is 1. The van der Waals surface area contributed by atoms with Gasteiger partial charge in [0.1, 0.15) is 17.3 Å². The van der Waals surface area contributed by atoms with Gasteiger partial charge in [0.25, 0.3) is 0 Å². The second-order valence-electron chi connectivity index (χ2n) is 8.79. The van der Waals surface area contributed by atoms with Crippen LogP contribution in [0.3, 0.4) is 0 Å². The van der Waals surface area contributed by atoms with Crippen LogP contribution in [0, 0.1) is 5.82 Å². The van der Waals surface area contributed by atoms with Crippen LogP contribution in [-0.2, 0) is 16.7 Å². The summed E-state index contributed by atoms with van der Waals surface area (Å²) in [6.45, 7) is 6.22. The van der Waals surface area contributed by atoms with Gasteiger partial charge >= 0.3 is 0 Å². The number of methoxy groups -OCH3 is 1. The van der Waals surface area contributed by atoms with Gasteiger partial charge in [0.05, 0.1) is 21.9 Å². The first-order valence-electron chi connectivity index (χ1n) is 10.5. The van der Waals surface area contributed by atoms with E-state index in [0.717, 1.165) is 0 Å². The molecule has 1 aromatic heterocycles. The molecule has 0 saturated carbocycles. The van der Waals surface area contributed by atoms with E-state index in [2.05, 4.69) is 14.7 Å². The fraction of sp³-hybridized carbons (Fsp3) is 0.435. The zero-order valence-electron chi connectivity index (χ0n) is 19.2. The third-order valence-electron chi connectivity index (χ3n) is 5.95. The molecule has 180 valence electrons. The number of ether oxygens (including phenoxy) is 1.